The zero-order chi connectivity index (χ0) is 13.6. The molecule has 1 saturated carbocycles. The van der Waals surface area contributed by atoms with Crippen molar-refractivity contribution in [2.45, 2.75) is 37.1 Å². The summed E-state index contributed by atoms with van der Waals surface area (Å²) >= 11 is 0. The molecule has 0 unspecified atom stereocenters. The summed E-state index contributed by atoms with van der Waals surface area (Å²) in [6.45, 7) is 3.40. The van der Waals surface area contributed by atoms with E-state index in [4.69, 9.17) is 5.73 Å². The number of anilines is 1. The van der Waals surface area contributed by atoms with E-state index in [9.17, 15) is 13.5 Å². The molecule has 0 aromatic heterocycles. The molecule has 1 aromatic carbocycles. The molecule has 100 valence electrons. The van der Waals surface area contributed by atoms with Crippen LogP contribution in [0.15, 0.2) is 17.0 Å². The molecule has 0 bridgehead atoms. The Bertz CT molecular complexity index is 577. The molecule has 1 aliphatic rings. The van der Waals surface area contributed by atoms with E-state index in [0.29, 0.717) is 24.1 Å². The van der Waals surface area contributed by atoms with Gasteiger partial charge in [-0.1, -0.05) is 0 Å². The van der Waals surface area contributed by atoms with Crippen LogP contribution >= 0.6 is 0 Å². The van der Waals surface area contributed by atoms with Gasteiger partial charge < -0.3 is 10.8 Å². The van der Waals surface area contributed by atoms with Crippen LogP contribution in [-0.4, -0.2) is 25.7 Å². The summed E-state index contributed by atoms with van der Waals surface area (Å²) in [5.41, 5.74) is 6.98. The molecule has 18 heavy (non-hydrogen) atoms. The SMILES string of the molecule is Cc1cc(N)cc(S(=O)(=O)NC2(CO)CC2)c1C. The molecule has 0 saturated heterocycles. The van der Waals surface area contributed by atoms with Gasteiger partial charge in [0.25, 0.3) is 0 Å². The van der Waals surface area contributed by atoms with E-state index in [-0.39, 0.29) is 11.5 Å². The monoisotopic (exact) mass is 270 g/mol. The van der Waals surface area contributed by atoms with Crippen molar-refractivity contribution in [3.8, 4) is 0 Å². The molecule has 0 amide bonds. The molecule has 0 aliphatic heterocycles. The lowest BCUT2D eigenvalue weighted by atomic mass is 10.1. The second-order valence-corrected chi connectivity index (χ2v) is 6.66. The number of aliphatic hydroxyl groups excluding tert-OH is 1. The van der Waals surface area contributed by atoms with Gasteiger partial charge in [0.15, 0.2) is 0 Å². The number of hydrogen-bond donors (Lipinski definition) is 3. The molecule has 0 spiro atoms. The fourth-order valence-electron chi connectivity index (χ4n) is 1.92. The van der Waals surface area contributed by atoms with Gasteiger partial charge in [-0.25, -0.2) is 13.1 Å². The van der Waals surface area contributed by atoms with Gasteiger partial charge in [0.2, 0.25) is 10.0 Å². The number of aliphatic hydroxyl groups is 1. The van der Waals surface area contributed by atoms with Crippen molar-refractivity contribution in [1.82, 2.24) is 4.72 Å². The Hall–Kier alpha value is -1.11. The third kappa shape index (κ3) is 2.36. The van der Waals surface area contributed by atoms with Crippen LogP contribution in [0.4, 0.5) is 5.69 Å². The van der Waals surface area contributed by atoms with Crippen LogP contribution in [0, 0.1) is 13.8 Å². The molecule has 1 aromatic rings. The maximum absolute atomic E-state index is 12.3. The summed E-state index contributed by atoms with van der Waals surface area (Å²) in [7, 11) is -3.63. The Morgan fingerprint density at radius 3 is 2.50 bits per heavy atom. The minimum atomic E-state index is -3.63. The van der Waals surface area contributed by atoms with Gasteiger partial charge in [-0.3, -0.25) is 0 Å². The van der Waals surface area contributed by atoms with Crippen LogP contribution in [0.25, 0.3) is 0 Å². The average Bonchev–Trinajstić information content (AvgIpc) is 3.03. The van der Waals surface area contributed by atoms with Crippen LogP contribution in [0.3, 0.4) is 0 Å². The molecule has 1 aliphatic carbocycles. The highest BCUT2D eigenvalue weighted by molar-refractivity contribution is 7.89. The fourth-order valence-corrected chi connectivity index (χ4v) is 3.72. The van der Waals surface area contributed by atoms with E-state index in [1.54, 1.807) is 13.0 Å². The van der Waals surface area contributed by atoms with Gasteiger partial charge in [-0.2, -0.15) is 0 Å². The van der Waals surface area contributed by atoms with E-state index < -0.39 is 15.6 Å². The number of nitrogen functional groups attached to an aromatic ring is 1. The van der Waals surface area contributed by atoms with E-state index >= 15 is 0 Å². The number of benzene rings is 1. The minimum absolute atomic E-state index is 0.174. The Balaban J connectivity index is 2.42. The van der Waals surface area contributed by atoms with E-state index in [0.717, 1.165) is 5.56 Å². The molecule has 0 heterocycles. The average molecular weight is 270 g/mol. The van der Waals surface area contributed by atoms with Crippen molar-refractivity contribution in [2.75, 3.05) is 12.3 Å². The Morgan fingerprint density at radius 1 is 1.39 bits per heavy atom. The normalized spacial score (nSPS) is 17.7. The predicted octanol–water partition coefficient (Wildman–Crippen LogP) is 0.689. The van der Waals surface area contributed by atoms with Gasteiger partial charge in [0.1, 0.15) is 0 Å². The van der Waals surface area contributed by atoms with Crippen molar-refractivity contribution in [3.05, 3.63) is 23.3 Å². The summed E-state index contributed by atoms with van der Waals surface area (Å²) in [5, 5.41) is 9.19. The maximum Gasteiger partial charge on any atom is 0.241 e. The zero-order valence-electron chi connectivity index (χ0n) is 10.5. The molecule has 1 fully saturated rings. The number of rotatable bonds is 4. The number of sulfonamides is 1. The topological polar surface area (TPSA) is 92.4 Å². The fraction of sp³-hybridized carbons (Fsp3) is 0.500. The van der Waals surface area contributed by atoms with Gasteiger partial charge in [-0.15, -0.1) is 0 Å². The highest BCUT2D eigenvalue weighted by atomic mass is 32.2. The van der Waals surface area contributed by atoms with Crippen molar-refractivity contribution >= 4 is 15.7 Å². The molecule has 5 nitrogen and oxygen atoms in total. The Labute approximate surface area is 107 Å². The number of nitrogens with two attached hydrogens (primary N) is 1. The summed E-state index contributed by atoms with van der Waals surface area (Å²) < 4.78 is 27.2. The van der Waals surface area contributed by atoms with E-state index in [2.05, 4.69) is 4.72 Å². The first-order valence-corrected chi connectivity index (χ1v) is 7.30. The highest BCUT2D eigenvalue weighted by Crippen LogP contribution is 2.36. The van der Waals surface area contributed by atoms with Crippen LogP contribution in [0.5, 0.6) is 0 Å². The molecule has 6 heteroatoms. The van der Waals surface area contributed by atoms with Crippen molar-refractivity contribution in [3.63, 3.8) is 0 Å². The largest absolute Gasteiger partial charge is 0.399 e. The van der Waals surface area contributed by atoms with Crippen molar-refractivity contribution in [2.24, 2.45) is 0 Å². The maximum atomic E-state index is 12.3. The zero-order valence-corrected chi connectivity index (χ0v) is 11.3. The summed E-state index contributed by atoms with van der Waals surface area (Å²) in [6.07, 6.45) is 1.34. The molecule has 4 N–H and O–H groups in total. The van der Waals surface area contributed by atoms with Gasteiger partial charge in [0, 0.05) is 5.69 Å². The molecular weight excluding hydrogens is 252 g/mol. The smallest absolute Gasteiger partial charge is 0.241 e. The standard InChI is InChI=1S/C12H18N2O3S/c1-8-5-10(13)6-11(9(8)2)18(16,17)14-12(7-15)3-4-12/h5-6,14-15H,3-4,7,13H2,1-2H3. The van der Waals surface area contributed by atoms with Crippen LogP contribution < -0.4 is 10.5 Å². The quantitative estimate of drug-likeness (QED) is 0.702. The Morgan fingerprint density at radius 2 is 2.00 bits per heavy atom. The van der Waals surface area contributed by atoms with E-state index in [1.807, 2.05) is 6.92 Å². The predicted molar refractivity (Wildman–Crippen MR) is 69.7 cm³/mol. The lowest BCUT2D eigenvalue weighted by Gasteiger charge is -2.17. The number of hydrogen-bond acceptors (Lipinski definition) is 4. The second kappa shape index (κ2) is 4.22. The van der Waals surface area contributed by atoms with Gasteiger partial charge in [0.05, 0.1) is 17.0 Å². The third-order valence-corrected chi connectivity index (χ3v) is 5.14. The molecular formula is C12H18N2O3S. The molecule has 2 rings (SSSR count). The summed E-state index contributed by atoms with van der Waals surface area (Å²) in [5.74, 6) is 0. The van der Waals surface area contributed by atoms with Gasteiger partial charge in [-0.05, 0) is 49.9 Å². The lowest BCUT2D eigenvalue weighted by molar-refractivity contribution is 0.246. The summed E-state index contributed by atoms with van der Waals surface area (Å²) in [4.78, 5) is 0.194. The minimum Gasteiger partial charge on any atom is -0.399 e. The third-order valence-electron chi connectivity index (χ3n) is 3.44. The van der Waals surface area contributed by atoms with Crippen molar-refractivity contribution in [1.29, 1.82) is 0 Å². The van der Waals surface area contributed by atoms with Crippen LogP contribution in [0.1, 0.15) is 24.0 Å². The molecule has 0 atom stereocenters. The molecule has 0 radical (unpaired) electrons. The van der Waals surface area contributed by atoms with Crippen LogP contribution in [-0.2, 0) is 10.0 Å². The number of aryl methyl sites for hydroxylation is 1. The summed E-state index contributed by atoms with van der Waals surface area (Å²) in [6, 6.07) is 3.20. The lowest BCUT2D eigenvalue weighted by Crippen LogP contribution is -2.39. The first kappa shape index (κ1) is 13.3. The first-order valence-electron chi connectivity index (χ1n) is 5.81. The highest BCUT2D eigenvalue weighted by Gasteiger charge is 2.45. The number of nitrogens with one attached hydrogen (secondary N) is 1. The Kier molecular flexibility index (Phi) is 3.12. The van der Waals surface area contributed by atoms with E-state index in [1.165, 1.54) is 6.07 Å². The van der Waals surface area contributed by atoms with Gasteiger partial charge >= 0.3 is 0 Å². The van der Waals surface area contributed by atoms with Crippen molar-refractivity contribution < 1.29 is 13.5 Å². The first-order chi connectivity index (χ1) is 8.30. The van der Waals surface area contributed by atoms with Crippen LogP contribution in [0.2, 0.25) is 0 Å². The second-order valence-electron chi connectivity index (χ2n) is 5.00.